The molecule has 2 amide bonds. The second kappa shape index (κ2) is 5.66. The van der Waals surface area contributed by atoms with Crippen molar-refractivity contribution >= 4 is 11.8 Å². The molecule has 0 unspecified atom stereocenters. The Kier molecular flexibility index (Phi) is 3.93. The monoisotopic (exact) mass is 288 g/mol. The van der Waals surface area contributed by atoms with E-state index in [9.17, 15) is 14.4 Å². The maximum atomic E-state index is 11.9. The Hall–Kier alpha value is -2.83. The molecule has 7 nitrogen and oxygen atoms in total. The van der Waals surface area contributed by atoms with Gasteiger partial charge in [-0.1, -0.05) is 0 Å². The van der Waals surface area contributed by atoms with Crippen LogP contribution in [0.3, 0.4) is 0 Å². The summed E-state index contributed by atoms with van der Waals surface area (Å²) in [4.78, 5) is 40.0. The molecule has 0 fully saturated rings. The van der Waals surface area contributed by atoms with Gasteiger partial charge in [0.15, 0.2) is 0 Å². The summed E-state index contributed by atoms with van der Waals surface area (Å²) in [6, 6.07) is 3.20. The molecule has 0 saturated heterocycles. The Bertz CT molecular complexity index is 758. The highest BCUT2D eigenvalue weighted by atomic mass is 16.2. The summed E-state index contributed by atoms with van der Waals surface area (Å²) >= 11 is 0. The van der Waals surface area contributed by atoms with Gasteiger partial charge in [-0.25, -0.2) is 0 Å². The van der Waals surface area contributed by atoms with Crippen LogP contribution in [-0.4, -0.2) is 21.8 Å². The number of amides is 2. The van der Waals surface area contributed by atoms with Gasteiger partial charge in [0.05, 0.1) is 5.56 Å². The zero-order valence-corrected chi connectivity index (χ0v) is 11.7. The van der Waals surface area contributed by atoms with Gasteiger partial charge in [0.2, 0.25) is 0 Å². The lowest BCUT2D eigenvalue weighted by atomic mass is 10.1. The fourth-order valence-corrected chi connectivity index (χ4v) is 2.04. The zero-order chi connectivity index (χ0) is 15.6. The first-order chi connectivity index (χ1) is 9.88. The number of primary amides is 1. The highest BCUT2D eigenvalue weighted by molar-refractivity contribution is 5.98. The number of rotatable bonds is 4. The number of hydrogen-bond donors (Lipinski definition) is 4. The minimum Gasteiger partial charge on any atom is -0.364 e. The molecule has 0 atom stereocenters. The van der Waals surface area contributed by atoms with E-state index in [1.165, 1.54) is 12.3 Å². The molecule has 0 aliphatic carbocycles. The fraction of sp³-hybridized carbons (Fsp3) is 0.214. The van der Waals surface area contributed by atoms with E-state index in [0.717, 1.165) is 11.3 Å². The molecule has 2 aromatic heterocycles. The summed E-state index contributed by atoms with van der Waals surface area (Å²) in [6.45, 7) is 3.71. The van der Waals surface area contributed by atoms with Gasteiger partial charge >= 0.3 is 0 Å². The highest BCUT2D eigenvalue weighted by Crippen LogP contribution is 2.05. The van der Waals surface area contributed by atoms with E-state index in [-0.39, 0.29) is 23.4 Å². The van der Waals surface area contributed by atoms with E-state index >= 15 is 0 Å². The number of nitrogens with two attached hydrogens (primary N) is 1. The van der Waals surface area contributed by atoms with Crippen LogP contribution >= 0.6 is 0 Å². The van der Waals surface area contributed by atoms with E-state index in [1.54, 1.807) is 6.92 Å². The molecule has 0 saturated carbocycles. The molecule has 0 radical (unpaired) electrons. The lowest BCUT2D eigenvalue weighted by Crippen LogP contribution is -2.27. The Balaban J connectivity index is 2.11. The molecule has 0 spiro atoms. The smallest absolute Gasteiger partial charge is 0.265 e. The first-order valence-electron chi connectivity index (χ1n) is 6.34. The molecule has 0 aromatic carbocycles. The quantitative estimate of drug-likeness (QED) is 0.649. The van der Waals surface area contributed by atoms with Crippen molar-refractivity contribution in [2.24, 2.45) is 5.73 Å². The first-order valence-corrected chi connectivity index (χ1v) is 6.34. The number of carbonyl (C=O) groups is 2. The first kappa shape index (κ1) is 14.6. The van der Waals surface area contributed by atoms with Crippen LogP contribution in [0.4, 0.5) is 0 Å². The minimum atomic E-state index is -0.639. The average Bonchev–Trinajstić information content (AvgIpc) is 2.86. The third-order valence-corrected chi connectivity index (χ3v) is 3.13. The summed E-state index contributed by atoms with van der Waals surface area (Å²) < 4.78 is 0. The van der Waals surface area contributed by atoms with Crippen LogP contribution in [0.15, 0.2) is 23.1 Å². The van der Waals surface area contributed by atoms with Crippen LogP contribution in [0.25, 0.3) is 0 Å². The van der Waals surface area contributed by atoms with Gasteiger partial charge in [-0.05, 0) is 31.5 Å². The van der Waals surface area contributed by atoms with E-state index < -0.39 is 11.8 Å². The number of nitrogens with one attached hydrogen (secondary N) is 3. The van der Waals surface area contributed by atoms with Crippen LogP contribution in [0.5, 0.6) is 0 Å². The van der Waals surface area contributed by atoms with Gasteiger partial charge in [0.25, 0.3) is 17.4 Å². The lowest BCUT2D eigenvalue weighted by molar-refractivity contribution is 0.0950. The fourth-order valence-electron chi connectivity index (χ4n) is 2.04. The molecule has 7 heteroatoms. The summed E-state index contributed by atoms with van der Waals surface area (Å²) in [5.74, 6) is -1.03. The maximum Gasteiger partial charge on any atom is 0.265 e. The van der Waals surface area contributed by atoms with E-state index in [1.807, 2.05) is 13.0 Å². The largest absolute Gasteiger partial charge is 0.364 e. The highest BCUT2D eigenvalue weighted by Gasteiger charge is 2.12. The molecular weight excluding hydrogens is 272 g/mol. The van der Waals surface area contributed by atoms with Crippen LogP contribution < -0.4 is 16.6 Å². The number of H-pyrrole nitrogens is 2. The van der Waals surface area contributed by atoms with Crippen molar-refractivity contribution in [3.05, 3.63) is 56.8 Å². The molecule has 2 aromatic rings. The van der Waals surface area contributed by atoms with Crippen LogP contribution in [0.2, 0.25) is 0 Å². The molecule has 0 aliphatic rings. The number of aromatic amines is 2. The Morgan fingerprint density at radius 2 is 2.00 bits per heavy atom. The van der Waals surface area contributed by atoms with Crippen LogP contribution in [-0.2, 0) is 6.54 Å². The van der Waals surface area contributed by atoms with Gasteiger partial charge in [-0.15, -0.1) is 0 Å². The van der Waals surface area contributed by atoms with Gasteiger partial charge in [0.1, 0.15) is 5.69 Å². The molecule has 2 heterocycles. The summed E-state index contributed by atoms with van der Waals surface area (Å²) in [5, 5.41) is 2.64. The second-order valence-corrected chi connectivity index (χ2v) is 4.79. The van der Waals surface area contributed by atoms with Crippen molar-refractivity contribution in [1.29, 1.82) is 0 Å². The minimum absolute atomic E-state index is 0.108. The molecule has 2 rings (SSSR count). The van der Waals surface area contributed by atoms with Gasteiger partial charge in [0, 0.05) is 24.0 Å². The van der Waals surface area contributed by atoms with Crippen molar-refractivity contribution in [2.45, 2.75) is 20.4 Å². The number of aryl methyl sites for hydroxylation is 2. The van der Waals surface area contributed by atoms with Crippen molar-refractivity contribution in [1.82, 2.24) is 15.3 Å². The summed E-state index contributed by atoms with van der Waals surface area (Å²) in [6.07, 6.45) is 1.39. The molecular formula is C14H16N4O3. The van der Waals surface area contributed by atoms with Gasteiger partial charge in [-0.3, -0.25) is 14.4 Å². The van der Waals surface area contributed by atoms with Crippen molar-refractivity contribution in [3.8, 4) is 0 Å². The molecule has 5 N–H and O–H groups in total. The molecule has 110 valence electrons. The Morgan fingerprint density at radius 3 is 2.57 bits per heavy atom. The Morgan fingerprint density at radius 1 is 1.29 bits per heavy atom. The second-order valence-electron chi connectivity index (χ2n) is 4.79. The third kappa shape index (κ3) is 3.19. The number of carbonyl (C=O) groups excluding carboxylic acids is 2. The third-order valence-electron chi connectivity index (χ3n) is 3.13. The predicted octanol–water partition coefficient (Wildman–Crippen LogP) is 0.349. The predicted molar refractivity (Wildman–Crippen MR) is 77.0 cm³/mol. The van der Waals surface area contributed by atoms with Crippen LogP contribution in [0, 0.1) is 13.8 Å². The number of aromatic nitrogens is 2. The maximum absolute atomic E-state index is 11.9. The van der Waals surface area contributed by atoms with Crippen molar-refractivity contribution in [3.63, 3.8) is 0 Å². The summed E-state index contributed by atoms with van der Waals surface area (Å²) in [5.41, 5.74) is 7.39. The van der Waals surface area contributed by atoms with Crippen molar-refractivity contribution in [2.75, 3.05) is 0 Å². The number of hydrogen-bond acceptors (Lipinski definition) is 3. The lowest BCUT2D eigenvalue weighted by Gasteiger charge is -2.07. The SMILES string of the molecule is Cc1cc(C)c(CNC(=O)c2c[nH]c(C(N)=O)c2)c(=O)[nH]1. The van der Waals surface area contributed by atoms with Crippen LogP contribution in [0.1, 0.15) is 37.7 Å². The summed E-state index contributed by atoms with van der Waals surface area (Å²) in [7, 11) is 0. The van der Waals surface area contributed by atoms with Gasteiger partial charge < -0.3 is 21.0 Å². The molecule has 21 heavy (non-hydrogen) atoms. The zero-order valence-electron chi connectivity index (χ0n) is 11.7. The Labute approximate surface area is 120 Å². The van der Waals surface area contributed by atoms with Crippen molar-refractivity contribution < 1.29 is 9.59 Å². The topological polar surface area (TPSA) is 121 Å². The van der Waals surface area contributed by atoms with E-state index in [4.69, 9.17) is 5.73 Å². The standard InChI is InChI=1S/C14H16N4O3/c1-7-3-8(2)18-14(21)10(7)6-17-13(20)9-4-11(12(15)19)16-5-9/h3-5,16H,6H2,1-2H3,(H2,15,19)(H,17,20)(H,18,21). The van der Waals surface area contributed by atoms with E-state index in [2.05, 4.69) is 15.3 Å². The average molecular weight is 288 g/mol. The van der Waals surface area contributed by atoms with E-state index in [0.29, 0.717) is 5.56 Å². The molecule has 0 bridgehead atoms. The number of pyridine rings is 1. The normalized spacial score (nSPS) is 10.4. The van der Waals surface area contributed by atoms with Gasteiger partial charge in [-0.2, -0.15) is 0 Å². The molecule has 0 aliphatic heterocycles.